The molecule has 0 saturated carbocycles. The largest absolute Gasteiger partial charge is 0.395 e. The van der Waals surface area contributed by atoms with Gasteiger partial charge in [-0.15, -0.1) is 0 Å². The maximum Gasteiger partial charge on any atom is 0.226 e. The first kappa shape index (κ1) is 18.8. The molecular weight excluding hydrogens is 350 g/mol. The predicted octanol–water partition coefficient (Wildman–Crippen LogP) is 2.64. The second kappa shape index (κ2) is 9.12. The lowest BCUT2D eigenvalue weighted by Gasteiger charge is -2.35. The van der Waals surface area contributed by atoms with Crippen LogP contribution in [-0.4, -0.2) is 47.1 Å². The van der Waals surface area contributed by atoms with Crippen molar-refractivity contribution in [1.29, 1.82) is 0 Å². The fourth-order valence-corrected chi connectivity index (χ4v) is 3.60. The highest BCUT2D eigenvalue weighted by molar-refractivity contribution is 6.30. The number of rotatable bonds is 6. The van der Waals surface area contributed by atoms with Crippen molar-refractivity contribution < 1.29 is 9.90 Å². The second-order valence-corrected chi connectivity index (χ2v) is 6.92. The number of carbonyl (C=O) groups excluding carboxylic acids is 1. The summed E-state index contributed by atoms with van der Waals surface area (Å²) >= 11 is 6.04. The first-order chi connectivity index (χ1) is 12.7. The van der Waals surface area contributed by atoms with Crippen LogP contribution in [0.3, 0.4) is 0 Å². The van der Waals surface area contributed by atoms with Gasteiger partial charge in [0, 0.05) is 23.7 Å². The molecule has 2 aromatic rings. The van der Waals surface area contributed by atoms with Gasteiger partial charge in [0.25, 0.3) is 0 Å². The van der Waals surface area contributed by atoms with Crippen LogP contribution >= 0.6 is 11.6 Å². The Hall–Kier alpha value is -1.95. The molecule has 1 aromatic carbocycles. The van der Waals surface area contributed by atoms with Crippen molar-refractivity contribution in [2.75, 3.05) is 26.2 Å². The highest BCUT2D eigenvalue weighted by Gasteiger charge is 2.32. The van der Waals surface area contributed by atoms with Crippen LogP contribution in [0.4, 0.5) is 0 Å². The van der Waals surface area contributed by atoms with Gasteiger partial charge in [0.1, 0.15) is 0 Å². The Balaban J connectivity index is 1.98. The summed E-state index contributed by atoms with van der Waals surface area (Å²) in [6.07, 6.45) is 3.36. The van der Waals surface area contributed by atoms with E-state index >= 15 is 0 Å². The minimum atomic E-state index is -0.344. The monoisotopic (exact) mass is 373 g/mol. The molecule has 0 radical (unpaired) electrons. The van der Waals surface area contributed by atoms with E-state index in [0.717, 1.165) is 37.2 Å². The van der Waals surface area contributed by atoms with Gasteiger partial charge in [0.2, 0.25) is 5.91 Å². The third kappa shape index (κ3) is 4.41. The van der Waals surface area contributed by atoms with Crippen LogP contribution in [0.5, 0.6) is 0 Å². The number of carbonyl (C=O) groups is 1. The predicted molar refractivity (Wildman–Crippen MR) is 102 cm³/mol. The molecule has 1 atom stereocenters. The Morgan fingerprint density at radius 1 is 1.23 bits per heavy atom. The molecule has 2 N–H and O–H groups in total. The molecule has 3 rings (SSSR count). The Kier molecular flexibility index (Phi) is 6.61. The molecule has 0 bridgehead atoms. The van der Waals surface area contributed by atoms with E-state index in [0.29, 0.717) is 5.02 Å². The van der Waals surface area contributed by atoms with E-state index in [4.69, 9.17) is 11.6 Å². The van der Waals surface area contributed by atoms with E-state index in [-0.39, 0.29) is 31.0 Å². The Bertz CT molecular complexity index is 703. The number of pyridine rings is 1. The van der Waals surface area contributed by atoms with Crippen molar-refractivity contribution in [3.05, 3.63) is 64.9 Å². The van der Waals surface area contributed by atoms with Crippen LogP contribution in [0.1, 0.15) is 30.1 Å². The van der Waals surface area contributed by atoms with E-state index in [9.17, 15) is 9.90 Å². The Morgan fingerprint density at radius 3 is 2.58 bits per heavy atom. The van der Waals surface area contributed by atoms with Crippen LogP contribution in [-0.2, 0) is 4.79 Å². The summed E-state index contributed by atoms with van der Waals surface area (Å²) in [5.41, 5.74) is 1.72. The topological polar surface area (TPSA) is 65.5 Å². The fourth-order valence-electron chi connectivity index (χ4n) is 3.47. The van der Waals surface area contributed by atoms with E-state index in [1.54, 1.807) is 11.1 Å². The molecule has 0 spiro atoms. The van der Waals surface area contributed by atoms with E-state index < -0.39 is 0 Å². The molecule has 26 heavy (non-hydrogen) atoms. The van der Waals surface area contributed by atoms with Crippen molar-refractivity contribution in [3.8, 4) is 0 Å². The zero-order chi connectivity index (χ0) is 18.4. The molecule has 138 valence electrons. The van der Waals surface area contributed by atoms with Crippen LogP contribution < -0.4 is 5.32 Å². The first-order valence-electron chi connectivity index (χ1n) is 8.99. The van der Waals surface area contributed by atoms with Gasteiger partial charge in [-0.3, -0.25) is 9.78 Å². The summed E-state index contributed by atoms with van der Waals surface area (Å²) in [5, 5.41) is 13.6. The third-order valence-corrected chi connectivity index (χ3v) is 5.03. The van der Waals surface area contributed by atoms with Crippen molar-refractivity contribution in [2.24, 2.45) is 5.92 Å². The lowest BCUT2D eigenvalue weighted by atomic mass is 9.93. The number of piperidine rings is 1. The molecule has 0 aliphatic carbocycles. The average Bonchev–Trinajstić information content (AvgIpc) is 2.70. The van der Waals surface area contributed by atoms with Gasteiger partial charge < -0.3 is 15.3 Å². The van der Waals surface area contributed by atoms with Crippen molar-refractivity contribution in [3.63, 3.8) is 0 Å². The highest BCUT2D eigenvalue weighted by Crippen LogP contribution is 2.30. The normalized spacial score (nSPS) is 16.2. The van der Waals surface area contributed by atoms with E-state index in [1.165, 1.54) is 0 Å². The molecular formula is C20H24ClN3O2. The van der Waals surface area contributed by atoms with Crippen molar-refractivity contribution in [2.45, 2.75) is 18.9 Å². The minimum Gasteiger partial charge on any atom is -0.395 e. The molecule has 1 saturated heterocycles. The summed E-state index contributed by atoms with van der Waals surface area (Å²) in [7, 11) is 0. The van der Waals surface area contributed by atoms with Gasteiger partial charge in [0.05, 0.1) is 18.3 Å². The lowest BCUT2D eigenvalue weighted by molar-refractivity contribution is -0.138. The molecule has 1 aliphatic rings. The van der Waals surface area contributed by atoms with Gasteiger partial charge in [0.15, 0.2) is 0 Å². The SMILES string of the molecule is O=C(C1CCNCC1)N(CCO)C(c1ccc(Cl)cc1)c1ccccn1. The van der Waals surface area contributed by atoms with Crippen LogP contribution in [0.15, 0.2) is 48.7 Å². The second-order valence-electron chi connectivity index (χ2n) is 6.49. The van der Waals surface area contributed by atoms with Crippen LogP contribution in [0.25, 0.3) is 0 Å². The molecule has 5 nitrogen and oxygen atoms in total. The number of hydrogen-bond acceptors (Lipinski definition) is 4. The summed E-state index contributed by atoms with van der Waals surface area (Å²) in [4.78, 5) is 19.5. The van der Waals surface area contributed by atoms with Crippen LogP contribution in [0.2, 0.25) is 5.02 Å². The number of halogens is 1. The number of benzene rings is 1. The molecule has 1 fully saturated rings. The summed E-state index contributed by atoms with van der Waals surface area (Å²) < 4.78 is 0. The quantitative estimate of drug-likeness (QED) is 0.817. The third-order valence-electron chi connectivity index (χ3n) is 4.78. The molecule has 6 heteroatoms. The van der Waals surface area contributed by atoms with Gasteiger partial charge in [-0.05, 0) is 55.8 Å². The number of hydrogen-bond donors (Lipinski definition) is 2. The number of nitrogens with zero attached hydrogens (tertiary/aromatic N) is 2. The zero-order valence-electron chi connectivity index (χ0n) is 14.6. The summed E-state index contributed by atoms with van der Waals surface area (Å²) in [5.74, 6) is 0.0486. The van der Waals surface area contributed by atoms with E-state index in [1.807, 2.05) is 42.5 Å². The average molecular weight is 374 g/mol. The maximum atomic E-state index is 13.3. The summed E-state index contributed by atoms with van der Waals surface area (Å²) in [6, 6.07) is 12.8. The number of nitrogens with one attached hydrogen (secondary N) is 1. The maximum absolute atomic E-state index is 13.3. The number of aliphatic hydroxyl groups is 1. The number of aliphatic hydroxyl groups excluding tert-OH is 1. The van der Waals surface area contributed by atoms with Gasteiger partial charge in [-0.1, -0.05) is 29.8 Å². The molecule has 1 unspecified atom stereocenters. The zero-order valence-corrected chi connectivity index (χ0v) is 15.4. The highest BCUT2D eigenvalue weighted by atomic mass is 35.5. The van der Waals surface area contributed by atoms with Gasteiger partial charge >= 0.3 is 0 Å². The van der Waals surface area contributed by atoms with Gasteiger partial charge in [-0.25, -0.2) is 0 Å². The Morgan fingerprint density at radius 2 is 1.96 bits per heavy atom. The number of aromatic nitrogens is 1. The molecule has 1 aromatic heterocycles. The molecule has 2 heterocycles. The minimum absolute atomic E-state index is 0.0266. The fraction of sp³-hybridized carbons (Fsp3) is 0.400. The first-order valence-corrected chi connectivity index (χ1v) is 9.37. The van der Waals surface area contributed by atoms with Crippen LogP contribution in [0, 0.1) is 5.92 Å². The molecule has 1 amide bonds. The lowest BCUT2D eigenvalue weighted by Crippen LogP contribution is -2.44. The molecule has 1 aliphatic heterocycles. The number of amides is 1. The standard InChI is InChI=1S/C20H24ClN3O2/c21-17-6-4-15(5-7-17)19(18-3-1-2-10-23-18)24(13-14-25)20(26)16-8-11-22-12-9-16/h1-7,10,16,19,22,25H,8-9,11-14H2. The van der Waals surface area contributed by atoms with Gasteiger partial charge in [-0.2, -0.15) is 0 Å². The smallest absolute Gasteiger partial charge is 0.226 e. The summed E-state index contributed by atoms with van der Waals surface area (Å²) in [6.45, 7) is 1.87. The van der Waals surface area contributed by atoms with Crippen molar-refractivity contribution in [1.82, 2.24) is 15.2 Å². The van der Waals surface area contributed by atoms with E-state index in [2.05, 4.69) is 10.3 Å². The Labute approximate surface area is 159 Å². The van der Waals surface area contributed by atoms with Crippen molar-refractivity contribution >= 4 is 17.5 Å².